The number of hydrogen-bond donors (Lipinski definition) is 1. The summed E-state index contributed by atoms with van der Waals surface area (Å²) in [4.78, 5) is 28.1. The Morgan fingerprint density at radius 3 is 2.81 bits per heavy atom. The number of benzene rings is 1. The van der Waals surface area contributed by atoms with Gasteiger partial charge >= 0.3 is 0 Å². The van der Waals surface area contributed by atoms with Gasteiger partial charge < -0.3 is 10.2 Å². The van der Waals surface area contributed by atoms with Crippen LogP contribution in [0.15, 0.2) is 24.3 Å². The summed E-state index contributed by atoms with van der Waals surface area (Å²) < 4.78 is 13.7. The fourth-order valence-electron chi connectivity index (χ4n) is 3.49. The fourth-order valence-corrected chi connectivity index (χ4v) is 4.46. The van der Waals surface area contributed by atoms with Gasteiger partial charge in [-0.25, -0.2) is 4.39 Å². The largest absolute Gasteiger partial charge is 0.350 e. The number of rotatable bonds is 5. The topological polar surface area (TPSA) is 78.4 Å². The molecule has 2 saturated heterocycles. The summed E-state index contributed by atoms with van der Waals surface area (Å²) in [5, 5.41) is 12.4. The molecule has 0 bridgehead atoms. The standard InChI is InChI=1S/C18H20FN5O2S/c19-13-6-2-1-5-12(13)11-20-16(26)14-7-3-9-23(14)17-21-22-18(27-17)24-10-4-8-15(24)25/h1-2,5-6,14H,3-4,7-11H2,(H,20,26)/t14-/m0/s1. The van der Waals surface area contributed by atoms with Crippen LogP contribution in [-0.4, -0.2) is 41.1 Å². The van der Waals surface area contributed by atoms with Gasteiger partial charge in [0, 0.05) is 31.6 Å². The van der Waals surface area contributed by atoms with E-state index in [-0.39, 0.29) is 30.2 Å². The van der Waals surface area contributed by atoms with Crippen LogP contribution in [0.25, 0.3) is 0 Å². The molecule has 0 saturated carbocycles. The first-order valence-corrected chi connectivity index (χ1v) is 9.87. The second-order valence-corrected chi connectivity index (χ2v) is 7.61. The molecule has 0 unspecified atom stereocenters. The Balaban J connectivity index is 1.43. The number of amides is 2. The van der Waals surface area contributed by atoms with Crippen molar-refractivity contribution in [3.63, 3.8) is 0 Å². The molecule has 9 heteroatoms. The number of halogens is 1. The molecule has 1 aromatic heterocycles. The molecule has 2 fully saturated rings. The van der Waals surface area contributed by atoms with Crippen molar-refractivity contribution < 1.29 is 14.0 Å². The van der Waals surface area contributed by atoms with Gasteiger partial charge in [0.15, 0.2) is 0 Å². The van der Waals surface area contributed by atoms with Crippen molar-refractivity contribution in [3.05, 3.63) is 35.6 Å². The predicted molar refractivity (Wildman–Crippen MR) is 100 cm³/mol. The van der Waals surface area contributed by atoms with Crippen LogP contribution in [0.1, 0.15) is 31.2 Å². The molecule has 0 aliphatic carbocycles. The zero-order valence-corrected chi connectivity index (χ0v) is 15.5. The maximum absolute atomic E-state index is 13.7. The first-order chi connectivity index (χ1) is 13.1. The highest BCUT2D eigenvalue weighted by Gasteiger charge is 2.34. The molecule has 0 radical (unpaired) electrons. The van der Waals surface area contributed by atoms with Crippen LogP contribution in [0.5, 0.6) is 0 Å². The fraction of sp³-hybridized carbons (Fsp3) is 0.444. The smallest absolute Gasteiger partial charge is 0.243 e. The Bertz CT molecular complexity index is 858. The Morgan fingerprint density at radius 2 is 2.04 bits per heavy atom. The molecule has 2 aliphatic heterocycles. The number of aromatic nitrogens is 2. The van der Waals surface area contributed by atoms with E-state index >= 15 is 0 Å². The Morgan fingerprint density at radius 1 is 1.22 bits per heavy atom. The van der Waals surface area contributed by atoms with Crippen LogP contribution in [0.3, 0.4) is 0 Å². The first kappa shape index (κ1) is 17.8. The van der Waals surface area contributed by atoms with Gasteiger partial charge in [-0.15, -0.1) is 10.2 Å². The number of nitrogens with zero attached hydrogens (tertiary/aromatic N) is 4. The van der Waals surface area contributed by atoms with Crippen molar-refractivity contribution in [3.8, 4) is 0 Å². The van der Waals surface area contributed by atoms with E-state index in [0.717, 1.165) is 12.8 Å². The predicted octanol–water partition coefficient (Wildman–Crippen LogP) is 2.09. The molecule has 27 heavy (non-hydrogen) atoms. The third-order valence-electron chi connectivity index (χ3n) is 4.92. The van der Waals surface area contributed by atoms with Gasteiger partial charge in [-0.05, 0) is 25.3 Å². The van der Waals surface area contributed by atoms with E-state index in [4.69, 9.17) is 0 Å². The maximum Gasteiger partial charge on any atom is 0.243 e. The number of anilines is 2. The van der Waals surface area contributed by atoms with Crippen LogP contribution in [0, 0.1) is 5.82 Å². The van der Waals surface area contributed by atoms with Gasteiger partial charge in [-0.2, -0.15) is 0 Å². The lowest BCUT2D eigenvalue weighted by Gasteiger charge is -2.22. The van der Waals surface area contributed by atoms with E-state index in [1.807, 2.05) is 4.90 Å². The molecule has 1 N–H and O–H groups in total. The molecule has 0 spiro atoms. The van der Waals surface area contributed by atoms with Gasteiger partial charge in [0.1, 0.15) is 11.9 Å². The normalized spacial score (nSPS) is 19.7. The summed E-state index contributed by atoms with van der Waals surface area (Å²) >= 11 is 1.34. The minimum atomic E-state index is -0.355. The van der Waals surface area contributed by atoms with E-state index < -0.39 is 0 Å². The van der Waals surface area contributed by atoms with E-state index in [1.165, 1.54) is 17.4 Å². The summed E-state index contributed by atoms with van der Waals surface area (Å²) in [6.45, 7) is 1.53. The minimum Gasteiger partial charge on any atom is -0.350 e. The van der Waals surface area contributed by atoms with Gasteiger partial charge in [-0.3, -0.25) is 14.5 Å². The van der Waals surface area contributed by atoms with Crippen LogP contribution in [0.2, 0.25) is 0 Å². The summed E-state index contributed by atoms with van der Waals surface area (Å²) in [7, 11) is 0. The molecular formula is C18H20FN5O2S. The van der Waals surface area contributed by atoms with Crippen molar-refractivity contribution in [2.45, 2.75) is 38.3 Å². The van der Waals surface area contributed by atoms with Crippen LogP contribution in [0.4, 0.5) is 14.7 Å². The van der Waals surface area contributed by atoms with Crippen LogP contribution < -0.4 is 15.1 Å². The van der Waals surface area contributed by atoms with E-state index in [1.54, 1.807) is 23.1 Å². The van der Waals surface area contributed by atoms with Gasteiger partial charge in [0.05, 0.1) is 0 Å². The molecule has 142 valence electrons. The molecular weight excluding hydrogens is 369 g/mol. The third-order valence-corrected chi connectivity index (χ3v) is 5.90. The second-order valence-electron chi connectivity index (χ2n) is 6.68. The molecule has 4 rings (SSSR count). The summed E-state index contributed by atoms with van der Waals surface area (Å²) in [5.74, 6) is -0.409. The lowest BCUT2D eigenvalue weighted by Crippen LogP contribution is -2.43. The van der Waals surface area contributed by atoms with Crippen molar-refractivity contribution in [2.24, 2.45) is 0 Å². The van der Waals surface area contributed by atoms with E-state index in [9.17, 15) is 14.0 Å². The van der Waals surface area contributed by atoms with Crippen molar-refractivity contribution in [2.75, 3.05) is 22.9 Å². The lowest BCUT2D eigenvalue weighted by molar-refractivity contribution is -0.122. The first-order valence-electron chi connectivity index (χ1n) is 9.05. The van der Waals surface area contributed by atoms with Gasteiger partial charge in [0.25, 0.3) is 0 Å². The summed E-state index contributed by atoms with van der Waals surface area (Å²) in [6.07, 6.45) is 2.95. The second kappa shape index (κ2) is 7.59. The highest BCUT2D eigenvalue weighted by atomic mass is 32.1. The Hall–Kier alpha value is -2.55. The molecule has 2 aliphatic rings. The van der Waals surface area contributed by atoms with Gasteiger partial charge in [0.2, 0.25) is 22.1 Å². The van der Waals surface area contributed by atoms with Crippen molar-refractivity contribution in [1.29, 1.82) is 0 Å². The Labute approximate surface area is 160 Å². The molecule has 3 heterocycles. The summed E-state index contributed by atoms with van der Waals surface area (Å²) in [5.41, 5.74) is 0.459. The molecule has 2 amide bonds. The SMILES string of the molecule is O=C(NCc1ccccc1F)[C@@H]1CCCN1c1nnc(N2CCCC2=O)s1. The van der Waals surface area contributed by atoms with Crippen molar-refractivity contribution in [1.82, 2.24) is 15.5 Å². The molecule has 1 atom stereocenters. The third kappa shape index (κ3) is 3.64. The number of nitrogens with one attached hydrogen (secondary N) is 1. The average molecular weight is 389 g/mol. The number of hydrogen-bond acceptors (Lipinski definition) is 6. The highest BCUT2D eigenvalue weighted by Crippen LogP contribution is 2.33. The number of carbonyl (C=O) groups excluding carboxylic acids is 2. The minimum absolute atomic E-state index is 0.0679. The van der Waals surface area contributed by atoms with E-state index in [2.05, 4.69) is 15.5 Å². The molecule has 7 nitrogen and oxygen atoms in total. The monoisotopic (exact) mass is 389 g/mol. The zero-order chi connectivity index (χ0) is 18.8. The lowest BCUT2D eigenvalue weighted by atomic mass is 10.2. The van der Waals surface area contributed by atoms with Crippen molar-refractivity contribution >= 4 is 33.4 Å². The van der Waals surface area contributed by atoms with Gasteiger partial charge in [-0.1, -0.05) is 29.5 Å². The quantitative estimate of drug-likeness (QED) is 0.847. The number of carbonyl (C=O) groups is 2. The summed E-state index contributed by atoms with van der Waals surface area (Å²) in [6, 6.07) is 6.05. The van der Waals surface area contributed by atoms with Crippen LogP contribution >= 0.6 is 11.3 Å². The molecule has 2 aromatic rings. The molecule has 1 aromatic carbocycles. The van der Waals surface area contributed by atoms with Crippen LogP contribution in [-0.2, 0) is 16.1 Å². The van der Waals surface area contributed by atoms with E-state index in [0.29, 0.717) is 41.8 Å². The zero-order valence-electron chi connectivity index (χ0n) is 14.7. The highest BCUT2D eigenvalue weighted by molar-refractivity contribution is 7.19. The average Bonchev–Trinajstić information content (AvgIpc) is 3.40. The maximum atomic E-state index is 13.7. The Kier molecular flexibility index (Phi) is 5.02.